The number of hydrogen-bond donors (Lipinski definition) is 2. The fourth-order valence-corrected chi connectivity index (χ4v) is 0.887. The molecule has 0 aromatic carbocycles. The van der Waals surface area contributed by atoms with Gasteiger partial charge in [0.2, 0.25) is 6.29 Å². The first-order chi connectivity index (χ1) is 4.77. The van der Waals surface area contributed by atoms with Crippen LogP contribution in [0.5, 0.6) is 0 Å². The summed E-state index contributed by atoms with van der Waals surface area (Å²) in [5.74, 6) is 0. The Balaban J connectivity index is 2.77. The molecule has 0 aliphatic rings. The molecule has 0 aromatic heterocycles. The Hall–Kier alpha value is -0.0800. The summed E-state index contributed by atoms with van der Waals surface area (Å²) in [6, 6.07) is 0. The Bertz CT molecular complexity index is 62.3. The van der Waals surface area contributed by atoms with Gasteiger partial charge in [-0.05, 0) is 6.42 Å². The summed E-state index contributed by atoms with van der Waals surface area (Å²) in [4.78, 5) is 0. The highest BCUT2D eigenvalue weighted by atomic mass is 16.5. The molecular weight excluding hydrogens is 128 g/mol. The molecular formula is C8H17O2. The third-order valence-corrected chi connectivity index (χ3v) is 1.50. The van der Waals surface area contributed by atoms with Crippen molar-refractivity contribution in [3.05, 3.63) is 6.29 Å². The van der Waals surface area contributed by atoms with Crippen LogP contribution in [-0.4, -0.2) is 10.2 Å². The number of aliphatic hydroxyl groups excluding tert-OH is 1. The summed E-state index contributed by atoms with van der Waals surface area (Å²) >= 11 is 0. The summed E-state index contributed by atoms with van der Waals surface area (Å²) in [6.45, 7) is 2.16. The maximum Gasteiger partial charge on any atom is 0.218 e. The van der Waals surface area contributed by atoms with Crippen molar-refractivity contribution in [2.75, 3.05) is 0 Å². The average Bonchev–Trinajstić information content (AvgIpc) is 1.87. The van der Waals surface area contributed by atoms with Gasteiger partial charge in [0.1, 0.15) is 0 Å². The molecule has 0 saturated carbocycles. The summed E-state index contributed by atoms with van der Waals surface area (Å²) in [6.07, 6.45) is 5.74. The molecule has 0 spiro atoms. The van der Waals surface area contributed by atoms with Crippen molar-refractivity contribution < 1.29 is 10.2 Å². The van der Waals surface area contributed by atoms with Gasteiger partial charge in [0, 0.05) is 6.42 Å². The molecule has 0 unspecified atom stereocenters. The lowest BCUT2D eigenvalue weighted by Crippen LogP contribution is -1.92. The van der Waals surface area contributed by atoms with Crippen molar-refractivity contribution >= 4 is 0 Å². The van der Waals surface area contributed by atoms with E-state index in [1.807, 2.05) is 0 Å². The second kappa shape index (κ2) is 7.03. The molecule has 2 nitrogen and oxygen atoms in total. The van der Waals surface area contributed by atoms with Gasteiger partial charge in [-0.15, -0.1) is 0 Å². The van der Waals surface area contributed by atoms with Crippen LogP contribution >= 0.6 is 0 Å². The fourth-order valence-electron chi connectivity index (χ4n) is 0.887. The third-order valence-electron chi connectivity index (χ3n) is 1.50. The summed E-state index contributed by atoms with van der Waals surface area (Å²) < 4.78 is 0. The van der Waals surface area contributed by atoms with Gasteiger partial charge < -0.3 is 10.2 Å². The third kappa shape index (κ3) is 7.92. The molecule has 0 fully saturated rings. The van der Waals surface area contributed by atoms with Crippen LogP contribution < -0.4 is 0 Å². The first-order valence-electron chi connectivity index (χ1n) is 4.01. The van der Waals surface area contributed by atoms with Crippen LogP contribution in [0.25, 0.3) is 0 Å². The number of hydrogen-bond acceptors (Lipinski definition) is 2. The smallest absolute Gasteiger partial charge is 0.218 e. The predicted molar refractivity (Wildman–Crippen MR) is 40.5 cm³/mol. The fraction of sp³-hybridized carbons (Fsp3) is 0.875. The molecule has 0 rings (SSSR count). The molecule has 0 aromatic rings. The highest BCUT2D eigenvalue weighted by Gasteiger charge is 1.97. The van der Waals surface area contributed by atoms with E-state index in [4.69, 9.17) is 10.2 Å². The van der Waals surface area contributed by atoms with E-state index < -0.39 is 6.29 Å². The van der Waals surface area contributed by atoms with Crippen molar-refractivity contribution in [2.24, 2.45) is 0 Å². The standard InChI is InChI=1S/C8H17O2/c1-2-3-4-5-6-7-8(9)10/h9-10H,2-7H2,1H3. The first-order valence-corrected chi connectivity index (χ1v) is 4.01. The number of unbranched alkanes of at least 4 members (excludes halogenated alkanes) is 4. The van der Waals surface area contributed by atoms with Crippen LogP contribution in [-0.2, 0) is 0 Å². The molecule has 0 amide bonds. The first kappa shape index (κ1) is 9.92. The van der Waals surface area contributed by atoms with Crippen LogP contribution in [0, 0.1) is 6.29 Å². The van der Waals surface area contributed by atoms with E-state index in [1.165, 1.54) is 19.3 Å². The molecule has 0 bridgehead atoms. The van der Waals surface area contributed by atoms with E-state index in [0.29, 0.717) is 6.42 Å². The van der Waals surface area contributed by atoms with Gasteiger partial charge in [0.15, 0.2) is 0 Å². The van der Waals surface area contributed by atoms with E-state index in [-0.39, 0.29) is 0 Å². The molecule has 2 N–H and O–H groups in total. The summed E-state index contributed by atoms with van der Waals surface area (Å²) in [5, 5.41) is 16.8. The second-order valence-electron chi connectivity index (χ2n) is 2.58. The van der Waals surface area contributed by atoms with Crippen molar-refractivity contribution in [3.63, 3.8) is 0 Å². The van der Waals surface area contributed by atoms with Gasteiger partial charge in [-0.1, -0.05) is 32.6 Å². The van der Waals surface area contributed by atoms with Crippen LogP contribution in [0.4, 0.5) is 0 Å². The second-order valence-corrected chi connectivity index (χ2v) is 2.58. The maximum absolute atomic E-state index is 8.38. The molecule has 0 aliphatic carbocycles. The predicted octanol–water partition coefficient (Wildman–Crippen LogP) is 2.58. The van der Waals surface area contributed by atoms with Crippen LogP contribution in [0.15, 0.2) is 0 Å². The SMILES string of the molecule is CCCCCCC[C](O)O. The van der Waals surface area contributed by atoms with E-state index >= 15 is 0 Å². The lowest BCUT2D eigenvalue weighted by Gasteiger charge is -2.00. The number of rotatable bonds is 6. The Morgan fingerprint density at radius 3 is 2.10 bits per heavy atom. The highest BCUT2D eigenvalue weighted by Crippen LogP contribution is 2.08. The van der Waals surface area contributed by atoms with Crippen molar-refractivity contribution in [2.45, 2.75) is 45.4 Å². The zero-order valence-electron chi connectivity index (χ0n) is 6.64. The Morgan fingerprint density at radius 1 is 1.00 bits per heavy atom. The van der Waals surface area contributed by atoms with Gasteiger partial charge in [-0.2, -0.15) is 0 Å². The zero-order chi connectivity index (χ0) is 7.82. The maximum atomic E-state index is 8.38. The van der Waals surface area contributed by atoms with Crippen LogP contribution in [0.1, 0.15) is 45.4 Å². The van der Waals surface area contributed by atoms with E-state index in [9.17, 15) is 0 Å². The topological polar surface area (TPSA) is 40.5 Å². The lowest BCUT2D eigenvalue weighted by atomic mass is 10.1. The molecule has 0 heterocycles. The van der Waals surface area contributed by atoms with E-state index in [2.05, 4.69) is 6.92 Å². The minimum atomic E-state index is -0.420. The average molecular weight is 145 g/mol. The van der Waals surface area contributed by atoms with E-state index in [1.54, 1.807) is 0 Å². The summed E-state index contributed by atoms with van der Waals surface area (Å²) in [5.41, 5.74) is 0. The molecule has 0 saturated heterocycles. The quantitative estimate of drug-likeness (QED) is 0.564. The zero-order valence-corrected chi connectivity index (χ0v) is 6.64. The van der Waals surface area contributed by atoms with Crippen molar-refractivity contribution in [1.29, 1.82) is 0 Å². The Labute approximate surface area is 62.9 Å². The lowest BCUT2D eigenvalue weighted by molar-refractivity contribution is 0.0704. The van der Waals surface area contributed by atoms with Gasteiger partial charge >= 0.3 is 0 Å². The monoisotopic (exact) mass is 145 g/mol. The Morgan fingerprint density at radius 2 is 1.60 bits per heavy atom. The van der Waals surface area contributed by atoms with Gasteiger partial charge in [-0.25, -0.2) is 0 Å². The van der Waals surface area contributed by atoms with Gasteiger partial charge in [0.25, 0.3) is 0 Å². The largest absolute Gasteiger partial charge is 0.361 e. The minimum Gasteiger partial charge on any atom is -0.361 e. The van der Waals surface area contributed by atoms with Crippen LogP contribution in [0.3, 0.4) is 0 Å². The Kier molecular flexibility index (Phi) is 6.98. The van der Waals surface area contributed by atoms with Crippen molar-refractivity contribution in [3.8, 4) is 0 Å². The van der Waals surface area contributed by atoms with Gasteiger partial charge in [-0.3, -0.25) is 0 Å². The summed E-state index contributed by atoms with van der Waals surface area (Å²) in [7, 11) is 0. The molecule has 10 heavy (non-hydrogen) atoms. The molecule has 2 heteroatoms. The minimum absolute atomic E-state index is 0.420. The highest BCUT2D eigenvalue weighted by molar-refractivity contribution is 4.56. The number of aliphatic hydroxyl groups is 2. The molecule has 1 radical (unpaired) electrons. The van der Waals surface area contributed by atoms with Gasteiger partial charge in [0.05, 0.1) is 0 Å². The van der Waals surface area contributed by atoms with Crippen LogP contribution in [0.2, 0.25) is 0 Å². The van der Waals surface area contributed by atoms with Crippen molar-refractivity contribution in [1.82, 2.24) is 0 Å². The van der Waals surface area contributed by atoms with E-state index in [0.717, 1.165) is 12.8 Å². The molecule has 0 atom stereocenters. The molecule has 61 valence electrons. The molecule has 0 aliphatic heterocycles. The normalized spacial score (nSPS) is 10.8.